The number of hydrogen-bond donors (Lipinski definition) is 2. The van der Waals surface area contributed by atoms with Crippen molar-refractivity contribution in [2.24, 2.45) is 5.73 Å². The molecule has 1 heterocycles. The summed E-state index contributed by atoms with van der Waals surface area (Å²) in [6, 6.07) is 0. The summed E-state index contributed by atoms with van der Waals surface area (Å²) >= 11 is 0. The summed E-state index contributed by atoms with van der Waals surface area (Å²) in [5.74, 6) is -0.809. The Kier molecular flexibility index (Phi) is 3.33. The minimum atomic E-state index is -4.90. The van der Waals surface area contributed by atoms with Gasteiger partial charge in [0.1, 0.15) is 5.82 Å². The fourth-order valence-electron chi connectivity index (χ4n) is 1.11. The minimum absolute atomic E-state index is 0.0248. The summed E-state index contributed by atoms with van der Waals surface area (Å²) in [4.78, 5) is 14.1. The Morgan fingerprint density at radius 2 is 2.12 bits per heavy atom. The van der Waals surface area contributed by atoms with Gasteiger partial charge in [-0.3, -0.25) is 4.79 Å². The van der Waals surface area contributed by atoms with Crippen LogP contribution in [-0.4, -0.2) is 17.6 Å². The van der Waals surface area contributed by atoms with Gasteiger partial charge in [0.15, 0.2) is 12.0 Å². The van der Waals surface area contributed by atoms with E-state index < -0.39 is 12.1 Å². The molecule has 8 heteroatoms. The Balaban J connectivity index is 3.25. The number of aromatic nitrogens is 1. The van der Waals surface area contributed by atoms with Crippen LogP contribution < -0.4 is 16.2 Å². The predicted octanol–water partition coefficient (Wildman–Crippen LogP) is 0.834. The number of rotatable bonds is 3. The highest BCUT2D eigenvalue weighted by molar-refractivity contribution is 5.83. The number of halogens is 3. The van der Waals surface area contributed by atoms with E-state index in [9.17, 15) is 18.0 Å². The van der Waals surface area contributed by atoms with Gasteiger partial charge in [-0.25, -0.2) is 4.98 Å². The Bertz CT molecular complexity index is 406. The highest BCUT2D eigenvalue weighted by atomic mass is 19.4. The van der Waals surface area contributed by atoms with Gasteiger partial charge in [0.25, 0.3) is 0 Å². The molecule has 0 saturated carbocycles. The van der Waals surface area contributed by atoms with Crippen LogP contribution in [0.25, 0.3) is 0 Å². The molecule has 0 saturated heterocycles. The minimum Gasteiger partial charge on any atom is -0.403 e. The number of nitrogens with zero attached hydrogens (tertiary/aromatic N) is 1. The van der Waals surface area contributed by atoms with Crippen molar-refractivity contribution < 1.29 is 22.7 Å². The van der Waals surface area contributed by atoms with Crippen LogP contribution in [0.2, 0.25) is 0 Å². The van der Waals surface area contributed by atoms with Crippen molar-refractivity contribution in [2.75, 3.05) is 5.73 Å². The van der Waals surface area contributed by atoms with E-state index in [1.165, 1.54) is 0 Å². The molecule has 0 bridgehead atoms. The number of pyridine rings is 1. The maximum Gasteiger partial charge on any atom is 0.573 e. The third kappa shape index (κ3) is 2.60. The second-order valence-electron chi connectivity index (χ2n) is 2.77. The lowest BCUT2D eigenvalue weighted by atomic mass is 10.1. The van der Waals surface area contributed by atoms with Gasteiger partial charge in [-0.15, -0.1) is 13.2 Å². The van der Waals surface area contributed by atoms with Crippen molar-refractivity contribution in [3.8, 4) is 5.75 Å². The number of carbonyl (C=O) groups excluding carboxylic acids is 1. The number of hydrogen-bond acceptors (Lipinski definition) is 5. The molecular weight excluding hydrogens is 227 g/mol. The molecule has 16 heavy (non-hydrogen) atoms. The van der Waals surface area contributed by atoms with Crippen LogP contribution in [0.1, 0.15) is 15.9 Å². The van der Waals surface area contributed by atoms with E-state index in [0.717, 1.165) is 6.20 Å². The molecule has 0 amide bonds. The van der Waals surface area contributed by atoms with Crippen LogP contribution in [-0.2, 0) is 6.54 Å². The number of aldehydes is 1. The summed E-state index contributed by atoms with van der Waals surface area (Å²) in [6.07, 6.45) is -3.98. The van der Waals surface area contributed by atoms with Crippen LogP contribution in [0, 0.1) is 0 Å². The number of carbonyl (C=O) groups is 1. The molecule has 0 aliphatic carbocycles. The average molecular weight is 235 g/mol. The first-order valence-corrected chi connectivity index (χ1v) is 4.07. The Labute approximate surface area is 88.2 Å². The molecule has 0 aliphatic heterocycles. The topological polar surface area (TPSA) is 91.2 Å². The van der Waals surface area contributed by atoms with E-state index in [-0.39, 0.29) is 29.8 Å². The molecule has 88 valence electrons. The summed E-state index contributed by atoms with van der Waals surface area (Å²) in [7, 11) is 0. The molecule has 4 N–H and O–H groups in total. The molecule has 0 unspecified atom stereocenters. The second-order valence-corrected chi connectivity index (χ2v) is 2.77. The zero-order valence-electron chi connectivity index (χ0n) is 7.91. The number of ether oxygens (including phenoxy) is 1. The first kappa shape index (κ1) is 12.2. The third-order valence-electron chi connectivity index (χ3n) is 1.77. The lowest BCUT2D eigenvalue weighted by Gasteiger charge is -2.13. The van der Waals surface area contributed by atoms with Crippen molar-refractivity contribution in [1.82, 2.24) is 4.98 Å². The van der Waals surface area contributed by atoms with E-state index in [2.05, 4.69) is 9.72 Å². The molecule has 1 aromatic rings. The first-order chi connectivity index (χ1) is 7.39. The highest BCUT2D eigenvalue weighted by Gasteiger charge is 2.33. The van der Waals surface area contributed by atoms with Crippen LogP contribution in [0.15, 0.2) is 6.20 Å². The van der Waals surface area contributed by atoms with Crippen molar-refractivity contribution in [3.63, 3.8) is 0 Å². The van der Waals surface area contributed by atoms with Gasteiger partial charge in [0.2, 0.25) is 0 Å². The standard InChI is InChI=1S/C8H8F3N3O2/c9-8(10,11)16-6-2-14-7(13)4(1-12)5(6)3-15/h2-3H,1,12H2,(H2,13,14). The van der Waals surface area contributed by atoms with E-state index >= 15 is 0 Å². The molecule has 0 radical (unpaired) electrons. The quantitative estimate of drug-likeness (QED) is 0.757. The smallest absolute Gasteiger partial charge is 0.403 e. The maximum atomic E-state index is 12.0. The second kappa shape index (κ2) is 4.35. The van der Waals surface area contributed by atoms with E-state index in [4.69, 9.17) is 11.5 Å². The van der Waals surface area contributed by atoms with Crippen molar-refractivity contribution in [3.05, 3.63) is 17.3 Å². The fraction of sp³-hybridized carbons (Fsp3) is 0.250. The Morgan fingerprint density at radius 1 is 1.50 bits per heavy atom. The Morgan fingerprint density at radius 3 is 2.56 bits per heavy atom. The number of anilines is 1. The summed E-state index contributed by atoms with van der Waals surface area (Å²) in [5, 5.41) is 0. The lowest BCUT2D eigenvalue weighted by Crippen LogP contribution is -2.19. The van der Waals surface area contributed by atoms with Gasteiger partial charge in [-0.2, -0.15) is 0 Å². The van der Waals surface area contributed by atoms with Crippen molar-refractivity contribution >= 4 is 12.1 Å². The molecule has 1 rings (SSSR count). The molecule has 0 atom stereocenters. The van der Waals surface area contributed by atoms with Gasteiger partial charge in [-0.05, 0) is 0 Å². The van der Waals surface area contributed by atoms with Crippen LogP contribution in [0.4, 0.5) is 19.0 Å². The van der Waals surface area contributed by atoms with Gasteiger partial charge in [0, 0.05) is 12.1 Å². The van der Waals surface area contributed by atoms with Crippen molar-refractivity contribution in [1.29, 1.82) is 0 Å². The van der Waals surface area contributed by atoms with Crippen LogP contribution in [0.3, 0.4) is 0 Å². The summed E-state index contributed by atoms with van der Waals surface area (Å²) in [6.45, 7) is -0.206. The van der Waals surface area contributed by atoms with Crippen LogP contribution in [0.5, 0.6) is 5.75 Å². The average Bonchev–Trinajstić information content (AvgIpc) is 2.18. The van der Waals surface area contributed by atoms with Gasteiger partial charge in [0.05, 0.1) is 11.8 Å². The number of nitrogens with two attached hydrogens (primary N) is 2. The molecule has 5 nitrogen and oxygen atoms in total. The SMILES string of the molecule is NCc1c(N)ncc(OC(F)(F)F)c1C=O. The normalized spacial score (nSPS) is 11.2. The third-order valence-corrected chi connectivity index (χ3v) is 1.77. The molecule has 1 aromatic heterocycles. The fourth-order valence-corrected chi connectivity index (χ4v) is 1.11. The zero-order chi connectivity index (χ0) is 12.3. The maximum absolute atomic E-state index is 12.0. The zero-order valence-corrected chi connectivity index (χ0v) is 7.91. The lowest BCUT2D eigenvalue weighted by molar-refractivity contribution is -0.274. The largest absolute Gasteiger partial charge is 0.573 e. The highest BCUT2D eigenvalue weighted by Crippen LogP contribution is 2.28. The monoisotopic (exact) mass is 235 g/mol. The van der Waals surface area contributed by atoms with Gasteiger partial charge < -0.3 is 16.2 Å². The molecule has 0 fully saturated rings. The summed E-state index contributed by atoms with van der Waals surface area (Å²) < 4.78 is 39.5. The molecule has 0 aliphatic rings. The first-order valence-electron chi connectivity index (χ1n) is 4.07. The number of nitrogen functional groups attached to an aromatic ring is 1. The van der Waals surface area contributed by atoms with E-state index in [1.807, 2.05) is 0 Å². The molecule has 0 aromatic carbocycles. The van der Waals surface area contributed by atoms with E-state index in [0.29, 0.717) is 0 Å². The van der Waals surface area contributed by atoms with Crippen LogP contribution >= 0.6 is 0 Å². The predicted molar refractivity (Wildman–Crippen MR) is 48.6 cm³/mol. The van der Waals surface area contributed by atoms with Gasteiger partial charge >= 0.3 is 6.36 Å². The molecular formula is C8H8F3N3O2. The molecule has 0 spiro atoms. The van der Waals surface area contributed by atoms with Crippen molar-refractivity contribution in [2.45, 2.75) is 12.9 Å². The number of alkyl halides is 3. The summed E-state index contributed by atoms with van der Waals surface area (Å²) in [5.41, 5.74) is 10.3. The van der Waals surface area contributed by atoms with Gasteiger partial charge in [-0.1, -0.05) is 0 Å². The van der Waals surface area contributed by atoms with E-state index in [1.54, 1.807) is 0 Å². The Hall–Kier alpha value is -1.83.